The summed E-state index contributed by atoms with van der Waals surface area (Å²) in [5.41, 5.74) is 0.782. The van der Waals surface area contributed by atoms with E-state index in [1.807, 2.05) is 0 Å². The molecule has 1 atom stereocenters. The average molecular weight is 423 g/mol. The molecule has 0 bridgehead atoms. The molecule has 2 aromatic carbocycles. The molecule has 0 saturated carbocycles. The minimum absolute atomic E-state index is 0.0225. The van der Waals surface area contributed by atoms with Crippen LogP contribution in [-0.4, -0.2) is 16.1 Å². The monoisotopic (exact) mass is 423 g/mol. The van der Waals surface area contributed by atoms with Crippen LogP contribution in [0.2, 0.25) is 0 Å². The van der Waals surface area contributed by atoms with Gasteiger partial charge in [-0.15, -0.1) is 22.0 Å². The molecule has 146 valence electrons. The van der Waals surface area contributed by atoms with Crippen molar-refractivity contribution in [3.05, 3.63) is 81.1 Å². The molecular formula is C19H16F3N3OS2. The zero-order chi connectivity index (χ0) is 20.1. The number of carbonyl (C=O) groups is 1. The number of amides is 1. The lowest BCUT2D eigenvalue weighted by molar-refractivity contribution is 0.0950. The van der Waals surface area contributed by atoms with Gasteiger partial charge in [-0.25, -0.2) is 13.2 Å². The van der Waals surface area contributed by atoms with E-state index in [0.29, 0.717) is 10.8 Å². The van der Waals surface area contributed by atoms with E-state index in [0.717, 1.165) is 16.9 Å². The van der Waals surface area contributed by atoms with Gasteiger partial charge in [0.05, 0.1) is 0 Å². The van der Waals surface area contributed by atoms with Gasteiger partial charge in [0.2, 0.25) is 5.01 Å². The number of halogens is 3. The van der Waals surface area contributed by atoms with Gasteiger partial charge in [-0.3, -0.25) is 4.79 Å². The number of carbonyl (C=O) groups excluding carboxylic acids is 1. The Kier molecular flexibility index (Phi) is 6.69. The largest absolute Gasteiger partial charge is 0.346 e. The number of hydrogen-bond donors (Lipinski definition) is 1. The van der Waals surface area contributed by atoms with E-state index in [1.165, 1.54) is 42.1 Å². The Morgan fingerprint density at radius 1 is 1.11 bits per heavy atom. The Morgan fingerprint density at radius 2 is 1.79 bits per heavy atom. The highest BCUT2D eigenvalue weighted by atomic mass is 32.2. The quantitative estimate of drug-likeness (QED) is 0.589. The predicted molar refractivity (Wildman–Crippen MR) is 104 cm³/mol. The molecule has 1 aromatic heterocycles. The summed E-state index contributed by atoms with van der Waals surface area (Å²) < 4.78 is 40.5. The van der Waals surface area contributed by atoms with E-state index in [4.69, 9.17) is 0 Å². The van der Waals surface area contributed by atoms with E-state index >= 15 is 0 Å². The first-order valence-corrected chi connectivity index (χ1v) is 10.2. The molecular weight excluding hydrogens is 407 g/mol. The van der Waals surface area contributed by atoms with Crippen LogP contribution < -0.4 is 5.32 Å². The van der Waals surface area contributed by atoms with E-state index < -0.39 is 16.9 Å². The second-order valence-electron chi connectivity index (χ2n) is 5.90. The van der Waals surface area contributed by atoms with Crippen molar-refractivity contribution >= 4 is 29.0 Å². The van der Waals surface area contributed by atoms with Gasteiger partial charge in [-0.05, 0) is 36.8 Å². The summed E-state index contributed by atoms with van der Waals surface area (Å²) in [6.45, 7) is 1.95. The molecule has 1 N–H and O–H groups in total. The minimum Gasteiger partial charge on any atom is -0.346 e. The summed E-state index contributed by atoms with van der Waals surface area (Å²) >= 11 is 2.43. The van der Waals surface area contributed by atoms with Crippen LogP contribution in [0.5, 0.6) is 0 Å². The van der Waals surface area contributed by atoms with Gasteiger partial charge in [0.15, 0.2) is 0 Å². The average Bonchev–Trinajstić information content (AvgIpc) is 3.15. The van der Waals surface area contributed by atoms with E-state index in [-0.39, 0.29) is 28.8 Å². The van der Waals surface area contributed by atoms with Gasteiger partial charge >= 0.3 is 0 Å². The van der Waals surface area contributed by atoms with E-state index in [1.54, 1.807) is 19.1 Å². The number of benzene rings is 2. The maximum Gasteiger partial charge on any atom is 0.282 e. The number of hydrogen-bond acceptors (Lipinski definition) is 5. The molecule has 0 aliphatic heterocycles. The molecule has 0 radical (unpaired) electrons. The summed E-state index contributed by atoms with van der Waals surface area (Å²) in [6.07, 6.45) is 0. The van der Waals surface area contributed by atoms with Gasteiger partial charge in [-0.1, -0.05) is 29.5 Å². The van der Waals surface area contributed by atoms with Crippen LogP contribution in [0.25, 0.3) is 0 Å². The fraction of sp³-hybridized carbons (Fsp3) is 0.211. The number of nitrogens with zero attached hydrogens (tertiary/aromatic N) is 2. The van der Waals surface area contributed by atoms with Crippen molar-refractivity contribution in [3.63, 3.8) is 0 Å². The molecule has 1 heterocycles. The lowest BCUT2D eigenvalue weighted by atomic mass is 10.1. The van der Waals surface area contributed by atoms with Crippen LogP contribution in [0.3, 0.4) is 0 Å². The van der Waals surface area contributed by atoms with Crippen LogP contribution in [0.15, 0.2) is 42.5 Å². The second-order valence-corrected chi connectivity index (χ2v) is 8.29. The lowest BCUT2D eigenvalue weighted by Gasteiger charge is -2.12. The Morgan fingerprint density at radius 3 is 2.46 bits per heavy atom. The van der Waals surface area contributed by atoms with E-state index in [9.17, 15) is 18.0 Å². The zero-order valence-corrected chi connectivity index (χ0v) is 16.4. The van der Waals surface area contributed by atoms with Crippen molar-refractivity contribution < 1.29 is 18.0 Å². The van der Waals surface area contributed by atoms with Crippen molar-refractivity contribution in [1.82, 2.24) is 15.5 Å². The van der Waals surface area contributed by atoms with Crippen molar-refractivity contribution in [3.8, 4) is 0 Å². The molecule has 0 spiro atoms. The SMILES string of the molecule is CC(SCc1nnc(C(=O)NCc2ccc(F)cc2)s1)c1c(F)cccc1F. The highest BCUT2D eigenvalue weighted by Gasteiger charge is 2.18. The molecule has 1 unspecified atom stereocenters. The third kappa shape index (κ3) is 5.11. The summed E-state index contributed by atoms with van der Waals surface area (Å²) in [5.74, 6) is -1.52. The predicted octanol–water partition coefficient (Wildman–Crippen LogP) is 4.88. The third-order valence-electron chi connectivity index (χ3n) is 3.89. The van der Waals surface area contributed by atoms with Crippen LogP contribution in [0, 0.1) is 17.5 Å². The first-order chi connectivity index (χ1) is 13.4. The molecule has 0 fully saturated rings. The molecule has 0 aliphatic carbocycles. The normalized spacial score (nSPS) is 12.0. The van der Waals surface area contributed by atoms with Crippen molar-refractivity contribution in [2.45, 2.75) is 24.5 Å². The Bertz CT molecular complexity index is 943. The van der Waals surface area contributed by atoms with E-state index in [2.05, 4.69) is 15.5 Å². The molecule has 9 heteroatoms. The first kappa shape index (κ1) is 20.3. The Hall–Kier alpha value is -2.39. The van der Waals surface area contributed by atoms with Crippen LogP contribution in [-0.2, 0) is 12.3 Å². The fourth-order valence-electron chi connectivity index (χ4n) is 2.44. The summed E-state index contributed by atoms with van der Waals surface area (Å²) in [7, 11) is 0. The topological polar surface area (TPSA) is 54.9 Å². The van der Waals surface area contributed by atoms with Gasteiger partial charge in [0, 0.05) is 23.1 Å². The van der Waals surface area contributed by atoms with Gasteiger partial charge in [0.1, 0.15) is 22.5 Å². The highest BCUT2D eigenvalue weighted by molar-refractivity contribution is 7.98. The highest BCUT2D eigenvalue weighted by Crippen LogP contribution is 2.34. The van der Waals surface area contributed by atoms with Gasteiger partial charge in [-0.2, -0.15) is 0 Å². The third-order valence-corrected chi connectivity index (χ3v) is 6.17. The Balaban J connectivity index is 1.54. The summed E-state index contributed by atoms with van der Waals surface area (Å²) in [5, 5.41) is 10.9. The van der Waals surface area contributed by atoms with Crippen LogP contribution in [0.1, 0.15) is 38.1 Å². The first-order valence-electron chi connectivity index (χ1n) is 8.34. The van der Waals surface area contributed by atoms with Crippen molar-refractivity contribution in [1.29, 1.82) is 0 Å². The minimum atomic E-state index is -0.585. The summed E-state index contributed by atoms with van der Waals surface area (Å²) in [4.78, 5) is 12.2. The molecule has 3 rings (SSSR count). The number of thioether (sulfide) groups is 1. The number of aromatic nitrogens is 2. The van der Waals surface area contributed by atoms with Crippen LogP contribution in [0.4, 0.5) is 13.2 Å². The van der Waals surface area contributed by atoms with Crippen molar-refractivity contribution in [2.75, 3.05) is 0 Å². The lowest BCUT2D eigenvalue weighted by Crippen LogP contribution is -2.22. The number of rotatable bonds is 7. The summed E-state index contributed by atoms with van der Waals surface area (Å²) in [6, 6.07) is 9.59. The number of nitrogens with one attached hydrogen (secondary N) is 1. The molecule has 4 nitrogen and oxygen atoms in total. The molecule has 0 saturated heterocycles. The second kappa shape index (κ2) is 9.20. The fourth-order valence-corrected chi connectivity index (χ4v) is 4.28. The van der Waals surface area contributed by atoms with Gasteiger partial charge < -0.3 is 5.32 Å². The Labute approximate surface area is 168 Å². The van der Waals surface area contributed by atoms with Gasteiger partial charge in [0.25, 0.3) is 5.91 Å². The standard InChI is InChI=1S/C19H16F3N3OS2/c1-11(17-14(21)3-2-4-15(17)22)27-10-16-24-25-19(28-16)18(26)23-9-12-5-7-13(20)8-6-12/h2-8,11H,9-10H2,1H3,(H,23,26). The molecule has 28 heavy (non-hydrogen) atoms. The van der Waals surface area contributed by atoms with Crippen molar-refractivity contribution in [2.24, 2.45) is 0 Å². The molecule has 0 aliphatic rings. The molecule has 3 aromatic rings. The smallest absolute Gasteiger partial charge is 0.282 e. The van der Waals surface area contributed by atoms with Crippen LogP contribution >= 0.6 is 23.1 Å². The maximum absolute atomic E-state index is 13.8. The maximum atomic E-state index is 13.8. The zero-order valence-electron chi connectivity index (χ0n) is 14.8. The molecule has 1 amide bonds.